The zero-order valence-corrected chi connectivity index (χ0v) is 18.1. The number of aromatic nitrogens is 5. The minimum absolute atomic E-state index is 0.322. The summed E-state index contributed by atoms with van der Waals surface area (Å²) in [6.07, 6.45) is 2.90. The highest BCUT2D eigenvalue weighted by atomic mass is 19.1. The lowest BCUT2D eigenvalue weighted by Gasteiger charge is -2.11. The number of methoxy groups -OCH3 is 1. The Hall–Kier alpha value is -4.27. The highest BCUT2D eigenvalue weighted by molar-refractivity contribution is 5.87. The number of nitrogens with one attached hydrogen (secondary N) is 1. The van der Waals surface area contributed by atoms with E-state index < -0.39 is 0 Å². The van der Waals surface area contributed by atoms with E-state index in [2.05, 4.69) is 30.0 Å². The van der Waals surface area contributed by atoms with Crippen LogP contribution < -0.4 is 10.1 Å². The van der Waals surface area contributed by atoms with Crippen LogP contribution in [0.1, 0.15) is 5.69 Å². The molecule has 0 aliphatic carbocycles. The molecular weight excluding hydrogens is 423 g/mol. The lowest BCUT2D eigenvalue weighted by Crippen LogP contribution is -2.12. The number of benzene rings is 2. The first-order valence-corrected chi connectivity index (χ1v) is 10.4. The zero-order valence-electron chi connectivity index (χ0n) is 18.1. The molecule has 0 radical (unpaired) electrons. The average Bonchev–Trinajstić information content (AvgIpc) is 3.48. The van der Waals surface area contributed by atoms with Crippen molar-refractivity contribution in [3.63, 3.8) is 0 Å². The molecule has 8 nitrogen and oxygen atoms in total. The maximum atomic E-state index is 14.0. The molecule has 0 saturated heterocycles. The second kappa shape index (κ2) is 8.70. The predicted octanol–water partition coefficient (Wildman–Crippen LogP) is 4.72. The van der Waals surface area contributed by atoms with Crippen molar-refractivity contribution in [2.75, 3.05) is 19.0 Å². The molecule has 5 rings (SSSR count). The van der Waals surface area contributed by atoms with Gasteiger partial charge in [0, 0.05) is 47.4 Å². The van der Waals surface area contributed by atoms with Crippen LogP contribution in [0.3, 0.4) is 0 Å². The summed E-state index contributed by atoms with van der Waals surface area (Å²) in [6, 6.07) is 14.6. The normalized spacial score (nSPS) is 11.1. The third kappa shape index (κ3) is 4.12. The van der Waals surface area contributed by atoms with Crippen LogP contribution in [0.4, 0.5) is 10.2 Å². The fraction of sp³-hybridized carbons (Fsp3) is 0.167. The smallest absolute Gasteiger partial charge is 0.257 e. The van der Waals surface area contributed by atoms with Crippen molar-refractivity contribution in [2.24, 2.45) is 0 Å². The average molecular weight is 444 g/mol. The van der Waals surface area contributed by atoms with Gasteiger partial charge in [0.05, 0.1) is 18.3 Å². The monoisotopic (exact) mass is 444 g/mol. The zero-order chi connectivity index (χ0) is 22.8. The molecule has 0 amide bonds. The van der Waals surface area contributed by atoms with Crippen molar-refractivity contribution in [1.29, 1.82) is 0 Å². The lowest BCUT2D eigenvalue weighted by molar-refractivity contribution is 0.416. The SMILES string of the molecule is COc1cc(F)cc2c1cc(C)n2CCNc1cc(-c2ccc(-c3ncno3)cc2)ncn1. The van der Waals surface area contributed by atoms with Crippen molar-refractivity contribution < 1.29 is 13.7 Å². The topological polar surface area (TPSA) is 90.9 Å². The molecule has 166 valence electrons. The maximum absolute atomic E-state index is 14.0. The number of hydrogen-bond donors (Lipinski definition) is 1. The van der Waals surface area contributed by atoms with Gasteiger partial charge in [-0.3, -0.25) is 0 Å². The summed E-state index contributed by atoms with van der Waals surface area (Å²) in [7, 11) is 1.55. The van der Waals surface area contributed by atoms with E-state index in [-0.39, 0.29) is 5.82 Å². The summed E-state index contributed by atoms with van der Waals surface area (Å²) in [4.78, 5) is 12.8. The van der Waals surface area contributed by atoms with E-state index in [1.165, 1.54) is 24.8 Å². The largest absolute Gasteiger partial charge is 0.496 e. The van der Waals surface area contributed by atoms with Gasteiger partial charge in [0.25, 0.3) is 5.89 Å². The van der Waals surface area contributed by atoms with Gasteiger partial charge >= 0.3 is 0 Å². The minimum Gasteiger partial charge on any atom is -0.496 e. The standard InChI is InChI=1S/C24H21FN6O2/c1-15-9-19-21(10-18(25)11-22(19)32-2)31(15)8-7-26-23-12-20(27-13-28-23)16-3-5-17(6-4-16)24-29-14-30-33-24/h3-6,9-14H,7-8H2,1-2H3,(H,26,27,28). The predicted molar refractivity (Wildman–Crippen MR) is 122 cm³/mol. The summed E-state index contributed by atoms with van der Waals surface area (Å²) in [5.41, 5.74) is 4.40. The van der Waals surface area contributed by atoms with E-state index in [1.807, 2.05) is 43.3 Å². The van der Waals surface area contributed by atoms with Gasteiger partial charge < -0.3 is 19.1 Å². The first kappa shape index (κ1) is 20.6. The van der Waals surface area contributed by atoms with Crippen LogP contribution in [-0.4, -0.2) is 38.3 Å². The number of nitrogens with zero attached hydrogens (tertiary/aromatic N) is 5. The number of aryl methyl sites for hydroxylation is 1. The maximum Gasteiger partial charge on any atom is 0.257 e. The second-order valence-electron chi connectivity index (χ2n) is 7.52. The van der Waals surface area contributed by atoms with Crippen molar-refractivity contribution in [3.05, 3.63) is 72.7 Å². The quantitative estimate of drug-likeness (QED) is 0.388. The van der Waals surface area contributed by atoms with E-state index in [1.54, 1.807) is 7.11 Å². The van der Waals surface area contributed by atoms with Crippen LogP contribution in [-0.2, 0) is 6.54 Å². The Balaban J connectivity index is 1.30. The second-order valence-corrected chi connectivity index (χ2v) is 7.52. The van der Waals surface area contributed by atoms with Gasteiger partial charge in [0.15, 0.2) is 6.33 Å². The number of fused-ring (bicyclic) bond motifs is 1. The highest BCUT2D eigenvalue weighted by Crippen LogP contribution is 2.30. The van der Waals surface area contributed by atoms with Crippen LogP contribution in [0, 0.1) is 12.7 Å². The first-order chi connectivity index (χ1) is 16.1. The van der Waals surface area contributed by atoms with Gasteiger partial charge in [-0.05, 0) is 31.2 Å². The molecule has 2 aromatic carbocycles. The molecule has 0 saturated carbocycles. The van der Waals surface area contributed by atoms with Gasteiger partial charge in [0.2, 0.25) is 0 Å². The van der Waals surface area contributed by atoms with E-state index in [0.717, 1.165) is 33.4 Å². The van der Waals surface area contributed by atoms with Gasteiger partial charge in [-0.15, -0.1) is 0 Å². The minimum atomic E-state index is -0.322. The van der Waals surface area contributed by atoms with Crippen LogP contribution >= 0.6 is 0 Å². The summed E-state index contributed by atoms with van der Waals surface area (Å²) in [5.74, 6) is 1.39. The molecule has 0 atom stereocenters. The Morgan fingerprint density at radius 1 is 1.00 bits per heavy atom. The van der Waals surface area contributed by atoms with Gasteiger partial charge in [-0.1, -0.05) is 17.3 Å². The number of anilines is 1. The van der Waals surface area contributed by atoms with Crippen LogP contribution in [0.25, 0.3) is 33.6 Å². The summed E-state index contributed by atoms with van der Waals surface area (Å²) < 4.78 is 26.5. The van der Waals surface area contributed by atoms with Crippen molar-refractivity contribution >= 4 is 16.7 Å². The highest BCUT2D eigenvalue weighted by Gasteiger charge is 2.12. The molecule has 9 heteroatoms. The fourth-order valence-corrected chi connectivity index (χ4v) is 3.88. The molecule has 0 spiro atoms. The van der Waals surface area contributed by atoms with Crippen LogP contribution in [0.2, 0.25) is 0 Å². The molecular formula is C24H21FN6O2. The number of halogens is 1. The van der Waals surface area contributed by atoms with Gasteiger partial charge in [-0.25, -0.2) is 14.4 Å². The Kier molecular flexibility index (Phi) is 5.43. The van der Waals surface area contributed by atoms with E-state index in [9.17, 15) is 4.39 Å². The van der Waals surface area contributed by atoms with Gasteiger partial charge in [-0.2, -0.15) is 4.98 Å². The number of ether oxygens (including phenoxy) is 1. The number of rotatable bonds is 7. The summed E-state index contributed by atoms with van der Waals surface area (Å²) >= 11 is 0. The molecule has 1 N–H and O–H groups in total. The molecule has 0 bridgehead atoms. The molecule has 3 heterocycles. The Labute approximate surface area is 189 Å². The molecule has 33 heavy (non-hydrogen) atoms. The van der Waals surface area contributed by atoms with E-state index >= 15 is 0 Å². The third-order valence-electron chi connectivity index (χ3n) is 5.47. The third-order valence-corrected chi connectivity index (χ3v) is 5.47. The lowest BCUT2D eigenvalue weighted by atomic mass is 10.1. The van der Waals surface area contributed by atoms with Gasteiger partial charge in [0.1, 0.15) is 23.7 Å². The first-order valence-electron chi connectivity index (χ1n) is 10.4. The van der Waals surface area contributed by atoms with Crippen molar-refractivity contribution in [2.45, 2.75) is 13.5 Å². The fourth-order valence-electron chi connectivity index (χ4n) is 3.88. The van der Waals surface area contributed by atoms with Crippen molar-refractivity contribution in [1.82, 2.24) is 24.7 Å². The van der Waals surface area contributed by atoms with Crippen molar-refractivity contribution in [3.8, 4) is 28.5 Å². The summed E-state index contributed by atoms with van der Waals surface area (Å²) in [5, 5.41) is 7.86. The molecule has 3 aromatic heterocycles. The number of hydrogen-bond acceptors (Lipinski definition) is 7. The molecule has 0 aliphatic heterocycles. The van der Waals surface area contributed by atoms with Crippen LogP contribution in [0.5, 0.6) is 5.75 Å². The Bertz CT molecular complexity index is 1400. The Morgan fingerprint density at radius 3 is 2.58 bits per heavy atom. The summed E-state index contributed by atoms with van der Waals surface area (Å²) in [6.45, 7) is 3.24. The van der Waals surface area contributed by atoms with Crippen LogP contribution in [0.15, 0.2) is 65.7 Å². The molecule has 5 aromatic rings. The molecule has 0 aliphatic rings. The molecule has 0 fully saturated rings. The van der Waals surface area contributed by atoms with E-state index in [4.69, 9.17) is 9.26 Å². The Morgan fingerprint density at radius 2 is 1.82 bits per heavy atom. The molecule has 0 unspecified atom stereocenters. The van der Waals surface area contributed by atoms with E-state index in [0.29, 0.717) is 30.5 Å².